The predicted molar refractivity (Wildman–Crippen MR) is 89.6 cm³/mol. The summed E-state index contributed by atoms with van der Waals surface area (Å²) in [6.07, 6.45) is 1.01. The summed E-state index contributed by atoms with van der Waals surface area (Å²) in [7, 11) is 0. The molecule has 0 aromatic carbocycles. The van der Waals surface area contributed by atoms with E-state index in [-0.39, 0.29) is 11.5 Å². The molecule has 116 valence electrons. The summed E-state index contributed by atoms with van der Waals surface area (Å²) in [5, 5.41) is 23.6. The molecule has 2 heterocycles. The minimum absolute atomic E-state index is 0.153. The van der Waals surface area contributed by atoms with Crippen LogP contribution in [0.15, 0.2) is 9.72 Å². The lowest BCUT2D eigenvalue weighted by atomic mass is 10.1. The number of nitriles is 1. The van der Waals surface area contributed by atoms with Crippen molar-refractivity contribution in [1.29, 1.82) is 5.26 Å². The highest BCUT2D eigenvalue weighted by molar-refractivity contribution is 8.01. The maximum atomic E-state index is 12.2. The van der Waals surface area contributed by atoms with E-state index >= 15 is 0 Å². The van der Waals surface area contributed by atoms with Crippen LogP contribution in [0.3, 0.4) is 0 Å². The Balaban J connectivity index is 1.91. The molecule has 0 spiro atoms. The van der Waals surface area contributed by atoms with Gasteiger partial charge in [0, 0.05) is 17.6 Å². The summed E-state index contributed by atoms with van der Waals surface area (Å²) in [6, 6.07) is 2.04. The van der Waals surface area contributed by atoms with Crippen LogP contribution in [0, 0.1) is 18.3 Å². The Morgan fingerprint density at radius 1 is 1.55 bits per heavy atom. The highest BCUT2D eigenvalue weighted by Gasteiger charge is 2.23. The van der Waals surface area contributed by atoms with Crippen molar-refractivity contribution >= 4 is 45.4 Å². The lowest BCUT2D eigenvalue weighted by Gasteiger charge is -2.03. The molecule has 6 nitrogen and oxygen atoms in total. The van der Waals surface area contributed by atoms with Crippen LogP contribution in [0.4, 0.5) is 5.13 Å². The van der Waals surface area contributed by atoms with Gasteiger partial charge in [-0.2, -0.15) is 5.26 Å². The topological polar surface area (TPSA) is 91.6 Å². The Kier molecular flexibility index (Phi) is 6.30. The van der Waals surface area contributed by atoms with Gasteiger partial charge in [0.1, 0.15) is 5.01 Å². The van der Waals surface area contributed by atoms with Crippen molar-refractivity contribution < 1.29 is 4.79 Å². The minimum atomic E-state index is -0.795. The van der Waals surface area contributed by atoms with E-state index in [2.05, 4.69) is 27.4 Å². The van der Waals surface area contributed by atoms with Crippen molar-refractivity contribution in [2.75, 3.05) is 17.6 Å². The molecule has 1 N–H and O–H groups in total. The van der Waals surface area contributed by atoms with Crippen LogP contribution in [0.1, 0.15) is 30.0 Å². The first-order valence-corrected chi connectivity index (χ1v) is 9.36. The number of anilines is 1. The molecule has 0 radical (unpaired) electrons. The molecule has 0 aliphatic carbocycles. The first-order chi connectivity index (χ1) is 10.6. The highest BCUT2D eigenvalue weighted by Crippen LogP contribution is 2.28. The average molecular weight is 353 g/mol. The molecule has 0 aliphatic rings. The van der Waals surface area contributed by atoms with Crippen molar-refractivity contribution in [3.63, 3.8) is 0 Å². The SMILES string of the molecule is CCCNc1nnc(SCC(=O)[C@H](C#N)c2nc(C)cs2)s1. The number of aromatic nitrogens is 3. The van der Waals surface area contributed by atoms with Gasteiger partial charge in [0.2, 0.25) is 5.13 Å². The fourth-order valence-electron chi connectivity index (χ4n) is 1.56. The van der Waals surface area contributed by atoms with Crippen LogP contribution in [-0.4, -0.2) is 33.3 Å². The molecule has 2 aromatic heterocycles. The lowest BCUT2D eigenvalue weighted by molar-refractivity contribution is -0.116. The van der Waals surface area contributed by atoms with Crippen LogP contribution in [0.25, 0.3) is 0 Å². The number of ketones is 1. The van der Waals surface area contributed by atoms with Crippen LogP contribution < -0.4 is 5.32 Å². The standard InChI is InChI=1S/C13H15N5OS3/c1-3-4-15-12-17-18-13(22-12)21-7-10(19)9(5-14)11-16-8(2)6-20-11/h6,9H,3-4,7H2,1-2H3,(H,15,17)/t9-/m0/s1. The van der Waals surface area contributed by atoms with Gasteiger partial charge in [-0.25, -0.2) is 4.98 Å². The quantitative estimate of drug-likeness (QED) is 0.729. The first-order valence-electron chi connectivity index (χ1n) is 6.68. The summed E-state index contributed by atoms with van der Waals surface area (Å²) in [6.45, 7) is 4.77. The van der Waals surface area contributed by atoms with Crippen molar-refractivity contribution in [2.45, 2.75) is 30.5 Å². The van der Waals surface area contributed by atoms with Gasteiger partial charge in [-0.05, 0) is 13.3 Å². The highest BCUT2D eigenvalue weighted by atomic mass is 32.2. The first kappa shape index (κ1) is 16.9. The largest absolute Gasteiger partial charge is 0.360 e. The molecule has 2 aromatic rings. The zero-order valence-electron chi connectivity index (χ0n) is 12.2. The summed E-state index contributed by atoms with van der Waals surface area (Å²) >= 11 is 4.07. The van der Waals surface area contributed by atoms with E-state index in [9.17, 15) is 10.1 Å². The average Bonchev–Trinajstić information content (AvgIpc) is 3.13. The number of rotatable bonds is 8. The Bertz CT molecular complexity index is 675. The molecule has 0 saturated heterocycles. The number of nitrogens with one attached hydrogen (secondary N) is 1. The number of nitrogens with zero attached hydrogens (tertiary/aromatic N) is 4. The summed E-state index contributed by atoms with van der Waals surface area (Å²) < 4.78 is 0.721. The van der Waals surface area contributed by atoms with Gasteiger partial charge < -0.3 is 5.32 Å². The number of carbonyl (C=O) groups is 1. The zero-order chi connectivity index (χ0) is 15.9. The van der Waals surface area contributed by atoms with Crippen LogP contribution >= 0.6 is 34.4 Å². The molecule has 0 unspecified atom stereocenters. The number of carbonyl (C=O) groups excluding carboxylic acids is 1. The van der Waals surface area contributed by atoms with E-state index in [4.69, 9.17) is 0 Å². The normalized spacial score (nSPS) is 11.9. The van der Waals surface area contributed by atoms with E-state index in [0.717, 1.165) is 28.1 Å². The Labute approximate surface area is 141 Å². The molecule has 22 heavy (non-hydrogen) atoms. The van der Waals surface area contributed by atoms with Crippen LogP contribution in [-0.2, 0) is 4.79 Å². The third-order valence-corrected chi connectivity index (χ3v) is 5.67. The molecular formula is C13H15N5OS3. The number of hydrogen-bond donors (Lipinski definition) is 1. The number of thioether (sulfide) groups is 1. The van der Waals surface area contributed by atoms with E-state index in [1.807, 2.05) is 18.4 Å². The van der Waals surface area contributed by atoms with Crippen LogP contribution in [0.5, 0.6) is 0 Å². The van der Waals surface area contributed by atoms with E-state index < -0.39 is 5.92 Å². The molecule has 0 fully saturated rings. The molecule has 2 rings (SSSR count). The van der Waals surface area contributed by atoms with Gasteiger partial charge in [0.15, 0.2) is 16.0 Å². The fraction of sp³-hybridized carbons (Fsp3) is 0.462. The maximum absolute atomic E-state index is 12.2. The van der Waals surface area contributed by atoms with Crippen molar-refractivity contribution in [3.05, 3.63) is 16.1 Å². The van der Waals surface area contributed by atoms with Gasteiger partial charge >= 0.3 is 0 Å². The maximum Gasteiger partial charge on any atom is 0.206 e. The van der Waals surface area contributed by atoms with Crippen LogP contribution in [0.2, 0.25) is 0 Å². The van der Waals surface area contributed by atoms with Gasteiger partial charge in [-0.1, -0.05) is 30.0 Å². The van der Waals surface area contributed by atoms with Gasteiger partial charge in [0.25, 0.3) is 0 Å². The predicted octanol–water partition coefficient (Wildman–Crippen LogP) is 3.09. The zero-order valence-corrected chi connectivity index (χ0v) is 14.6. The van der Waals surface area contributed by atoms with Crippen molar-refractivity contribution in [3.8, 4) is 6.07 Å². The Morgan fingerprint density at radius 2 is 2.36 bits per heavy atom. The van der Waals surface area contributed by atoms with Crippen molar-refractivity contribution in [1.82, 2.24) is 15.2 Å². The van der Waals surface area contributed by atoms with Gasteiger partial charge in [-0.3, -0.25) is 4.79 Å². The summed E-state index contributed by atoms with van der Waals surface area (Å²) in [4.78, 5) is 16.4. The fourth-order valence-corrected chi connectivity index (χ4v) is 4.10. The number of thiazole rings is 1. The second kappa shape index (κ2) is 8.22. The second-order valence-corrected chi connectivity index (χ2v) is 7.53. The lowest BCUT2D eigenvalue weighted by Crippen LogP contribution is -2.13. The van der Waals surface area contributed by atoms with Crippen molar-refractivity contribution in [2.24, 2.45) is 0 Å². The number of hydrogen-bond acceptors (Lipinski definition) is 9. The molecule has 0 aliphatic heterocycles. The van der Waals surface area contributed by atoms with E-state index in [0.29, 0.717) is 5.01 Å². The molecule has 0 bridgehead atoms. The minimum Gasteiger partial charge on any atom is -0.360 e. The van der Waals surface area contributed by atoms with E-state index in [1.165, 1.54) is 34.4 Å². The Hall–Kier alpha value is -1.50. The number of Topliss-reactive ketones (excluding diaryl/α,β-unsaturated/α-hetero) is 1. The molecule has 0 saturated carbocycles. The molecule has 1 atom stereocenters. The Morgan fingerprint density at radius 3 is 3.00 bits per heavy atom. The van der Waals surface area contributed by atoms with Gasteiger partial charge in [-0.15, -0.1) is 21.5 Å². The third kappa shape index (κ3) is 4.50. The second-order valence-electron chi connectivity index (χ2n) is 4.44. The summed E-state index contributed by atoms with van der Waals surface area (Å²) in [5.41, 5.74) is 0.830. The summed E-state index contributed by atoms with van der Waals surface area (Å²) in [5.74, 6) is -0.754. The molecule has 0 amide bonds. The smallest absolute Gasteiger partial charge is 0.206 e. The number of aryl methyl sites for hydroxylation is 1. The monoisotopic (exact) mass is 353 g/mol. The molecule has 9 heteroatoms. The van der Waals surface area contributed by atoms with Gasteiger partial charge in [0.05, 0.1) is 11.8 Å². The molecular weight excluding hydrogens is 338 g/mol. The van der Waals surface area contributed by atoms with E-state index in [1.54, 1.807) is 0 Å². The third-order valence-electron chi connectivity index (χ3n) is 2.61.